The van der Waals surface area contributed by atoms with E-state index in [1.165, 1.54) is 12.1 Å². The smallest absolute Gasteiger partial charge is 0.416 e. The molecule has 162 valence electrons. The third kappa shape index (κ3) is 4.75. The quantitative estimate of drug-likeness (QED) is 0.363. The topological polar surface area (TPSA) is 38.0 Å². The van der Waals surface area contributed by atoms with E-state index >= 15 is 0 Å². The number of alkyl halides is 3. The van der Waals surface area contributed by atoms with Crippen LogP contribution in [-0.4, -0.2) is 14.7 Å². The first-order valence-corrected chi connectivity index (χ1v) is 10.2. The third-order valence-electron chi connectivity index (χ3n) is 5.19. The van der Waals surface area contributed by atoms with Crippen molar-refractivity contribution in [2.75, 3.05) is 0 Å². The average molecular weight is 434 g/mol. The number of hydrogen-bond acceptors (Lipinski definition) is 2. The van der Waals surface area contributed by atoms with Crippen LogP contribution >= 0.6 is 0 Å². The molecule has 0 aliphatic heterocycles. The molecule has 32 heavy (non-hydrogen) atoms. The molecule has 1 heterocycles. The zero-order valence-corrected chi connectivity index (χ0v) is 17.3. The Hall–Kier alpha value is -3.80. The molecule has 0 atom stereocenters. The van der Waals surface area contributed by atoms with Gasteiger partial charge in [-0.2, -0.15) is 13.2 Å². The Bertz CT molecular complexity index is 1220. The Balaban J connectivity index is 1.54. The summed E-state index contributed by atoms with van der Waals surface area (Å²) in [6, 6.07) is 20.1. The van der Waals surface area contributed by atoms with Crippen LogP contribution < -0.4 is 0 Å². The van der Waals surface area contributed by atoms with Crippen molar-refractivity contribution >= 4 is 12.2 Å². The van der Waals surface area contributed by atoms with Crippen LogP contribution in [0.15, 0.2) is 79.0 Å². The third-order valence-corrected chi connectivity index (χ3v) is 5.19. The van der Waals surface area contributed by atoms with Crippen LogP contribution in [0.5, 0.6) is 5.75 Å². The summed E-state index contributed by atoms with van der Waals surface area (Å²) in [5.41, 5.74) is 3.64. The summed E-state index contributed by atoms with van der Waals surface area (Å²) in [6.07, 6.45) is 1.33. The lowest BCUT2D eigenvalue weighted by Crippen LogP contribution is -2.03. The molecule has 1 N–H and O–H groups in total. The van der Waals surface area contributed by atoms with E-state index in [-0.39, 0.29) is 5.75 Å². The molecule has 0 aliphatic rings. The predicted octanol–water partition coefficient (Wildman–Crippen LogP) is 7.13. The number of phenols is 1. The first-order chi connectivity index (χ1) is 15.3. The largest absolute Gasteiger partial charge is 0.508 e. The molecule has 0 aliphatic carbocycles. The van der Waals surface area contributed by atoms with E-state index in [4.69, 9.17) is 0 Å². The predicted molar refractivity (Wildman–Crippen MR) is 121 cm³/mol. The van der Waals surface area contributed by atoms with Crippen LogP contribution in [0.2, 0.25) is 0 Å². The lowest BCUT2D eigenvalue weighted by molar-refractivity contribution is -0.137. The number of imidazole rings is 1. The van der Waals surface area contributed by atoms with Crippen LogP contribution in [0.3, 0.4) is 0 Å². The van der Waals surface area contributed by atoms with Crippen LogP contribution in [0.1, 0.15) is 23.9 Å². The van der Waals surface area contributed by atoms with E-state index < -0.39 is 11.7 Å². The second kappa shape index (κ2) is 8.75. The van der Waals surface area contributed by atoms with Gasteiger partial charge in [0.15, 0.2) is 0 Å². The molecule has 0 saturated carbocycles. The second-order valence-electron chi connectivity index (χ2n) is 7.35. The monoisotopic (exact) mass is 434 g/mol. The maximum absolute atomic E-state index is 12.8. The zero-order chi connectivity index (χ0) is 22.7. The Kier molecular flexibility index (Phi) is 5.86. The summed E-state index contributed by atoms with van der Waals surface area (Å²) < 4.78 is 40.4. The molecule has 0 saturated heterocycles. The number of aromatic hydroxyl groups is 1. The van der Waals surface area contributed by atoms with Gasteiger partial charge in [0.25, 0.3) is 0 Å². The van der Waals surface area contributed by atoms with Gasteiger partial charge in [0.05, 0.1) is 11.3 Å². The lowest BCUT2D eigenvalue weighted by atomic mass is 10.0. The second-order valence-corrected chi connectivity index (χ2v) is 7.35. The van der Waals surface area contributed by atoms with Crippen molar-refractivity contribution in [1.82, 2.24) is 9.55 Å². The normalized spacial score (nSPS) is 11.9. The van der Waals surface area contributed by atoms with Crippen molar-refractivity contribution in [2.24, 2.45) is 0 Å². The van der Waals surface area contributed by atoms with Gasteiger partial charge in [-0.3, -0.25) is 0 Å². The van der Waals surface area contributed by atoms with Gasteiger partial charge in [0.1, 0.15) is 11.6 Å². The number of halogens is 3. The highest BCUT2D eigenvalue weighted by molar-refractivity contribution is 5.72. The summed E-state index contributed by atoms with van der Waals surface area (Å²) in [4.78, 5) is 4.60. The minimum Gasteiger partial charge on any atom is -0.508 e. The van der Waals surface area contributed by atoms with E-state index in [0.717, 1.165) is 34.6 Å². The number of aryl methyl sites for hydroxylation is 1. The van der Waals surface area contributed by atoms with E-state index in [1.54, 1.807) is 12.1 Å². The fourth-order valence-electron chi connectivity index (χ4n) is 3.40. The molecule has 0 amide bonds. The van der Waals surface area contributed by atoms with Gasteiger partial charge < -0.3 is 9.67 Å². The zero-order valence-electron chi connectivity index (χ0n) is 17.3. The Morgan fingerprint density at radius 3 is 1.94 bits per heavy atom. The van der Waals surface area contributed by atoms with Gasteiger partial charge in [-0.25, -0.2) is 4.98 Å². The number of aromatic nitrogens is 2. The standard InChI is InChI=1S/C26H21F3N2O/c1-2-31-17-24(21-8-12-22(13-9-21)26(27,28)29)30-25(31)16-5-18-3-6-19(7-4-18)20-10-14-23(32)15-11-20/h3-17,32H,2H2,1H3/b16-5+. The molecule has 0 unspecified atom stereocenters. The van der Waals surface area contributed by atoms with E-state index in [1.807, 2.05) is 66.2 Å². The maximum atomic E-state index is 12.8. The summed E-state index contributed by atoms with van der Waals surface area (Å²) in [7, 11) is 0. The minimum absolute atomic E-state index is 0.232. The Morgan fingerprint density at radius 1 is 0.812 bits per heavy atom. The molecule has 1 aromatic heterocycles. The number of rotatable bonds is 5. The van der Waals surface area contributed by atoms with Crippen molar-refractivity contribution in [3.63, 3.8) is 0 Å². The van der Waals surface area contributed by atoms with Crippen LogP contribution in [0, 0.1) is 0 Å². The van der Waals surface area contributed by atoms with Gasteiger partial charge in [0.2, 0.25) is 0 Å². The maximum Gasteiger partial charge on any atom is 0.416 e. The molecule has 0 bridgehead atoms. The summed E-state index contributed by atoms with van der Waals surface area (Å²) in [5.74, 6) is 0.959. The van der Waals surface area contributed by atoms with E-state index in [9.17, 15) is 18.3 Å². The average Bonchev–Trinajstić information content (AvgIpc) is 3.21. The summed E-state index contributed by atoms with van der Waals surface area (Å²) in [5, 5.41) is 9.43. The molecule has 6 heteroatoms. The van der Waals surface area contributed by atoms with Crippen molar-refractivity contribution in [3.8, 4) is 28.1 Å². The van der Waals surface area contributed by atoms with Gasteiger partial charge in [-0.15, -0.1) is 0 Å². The van der Waals surface area contributed by atoms with E-state index in [2.05, 4.69) is 4.98 Å². The van der Waals surface area contributed by atoms with Gasteiger partial charge in [-0.05, 0) is 54.0 Å². The number of benzene rings is 3. The summed E-state index contributed by atoms with van der Waals surface area (Å²) in [6.45, 7) is 2.68. The van der Waals surface area contributed by atoms with Crippen LogP contribution in [0.25, 0.3) is 34.5 Å². The first kappa shape index (κ1) is 21.4. The van der Waals surface area contributed by atoms with Gasteiger partial charge in [0, 0.05) is 18.3 Å². The molecule has 3 nitrogen and oxygen atoms in total. The molecule has 4 aromatic rings. The van der Waals surface area contributed by atoms with Gasteiger partial charge in [-0.1, -0.05) is 54.6 Å². The molecule has 0 spiro atoms. The summed E-state index contributed by atoms with van der Waals surface area (Å²) >= 11 is 0. The molecular formula is C26H21F3N2O. The van der Waals surface area contributed by atoms with Crippen molar-refractivity contribution < 1.29 is 18.3 Å². The highest BCUT2D eigenvalue weighted by Crippen LogP contribution is 2.31. The van der Waals surface area contributed by atoms with Crippen molar-refractivity contribution in [3.05, 3.63) is 95.9 Å². The fraction of sp³-hybridized carbons (Fsp3) is 0.115. The van der Waals surface area contributed by atoms with E-state index in [0.29, 0.717) is 17.8 Å². The Labute approximate surface area is 184 Å². The minimum atomic E-state index is -4.35. The van der Waals surface area contributed by atoms with Crippen molar-refractivity contribution in [1.29, 1.82) is 0 Å². The molecule has 4 rings (SSSR count). The Morgan fingerprint density at radius 2 is 1.38 bits per heavy atom. The number of hydrogen-bond donors (Lipinski definition) is 1. The first-order valence-electron chi connectivity index (χ1n) is 10.2. The fourth-order valence-corrected chi connectivity index (χ4v) is 3.40. The van der Waals surface area contributed by atoms with Crippen molar-refractivity contribution in [2.45, 2.75) is 19.6 Å². The van der Waals surface area contributed by atoms with Crippen LogP contribution in [0.4, 0.5) is 13.2 Å². The number of phenolic OH excluding ortho intramolecular Hbond substituents is 1. The number of nitrogens with zero attached hydrogens (tertiary/aromatic N) is 2. The highest BCUT2D eigenvalue weighted by Gasteiger charge is 2.30. The lowest BCUT2D eigenvalue weighted by Gasteiger charge is -2.06. The molecule has 3 aromatic carbocycles. The highest BCUT2D eigenvalue weighted by atomic mass is 19.4. The SMILES string of the molecule is CCn1cc(-c2ccc(C(F)(F)F)cc2)nc1/C=C/c1ccc(-c2ccc(O)cc2)cc1. The van der Waals surface area contributed by atoms with Crippen LogP contribution in [-0.2, 0) is 12.7 Å². The molecule has 0 radical (unpaired) electrons. The molecular weight excluding hydrogens is 413 g/mol. The van der Waals surface area contributed by atoms with Gasteiger partial charge >= 0.3 is 6.18 Å². The molecule has 0 fully saturated rings.